The van der Waals surface area contributed by atoms with Gasteiger partial charge in [0.25, 0.3) is 5.56 Å². The van der Waals surface area contributed by atoms with E-state index in [9.17, 15) is 9.59 Å². The zero-order chi connectivity index (χ0) is 19.6. The number of thioether (sulfide) groups is 1. The molecule has 3 heterocycles. The largest absolute Gasteiger partial charge is 0.332 e. The van der Waals surface area contributed by atoms with Crippen molar-refractivity contribution in [1.82, 2.24) is 24.0 Å². The van der Waals surface area contributed by atoms with Crippen LogP contribution < -0.4 is 11.2 Å². The molecule has 0 bridgehead atoms. The van der Waals surface area contributed by atoms with Gasteiger partial charge in [-0.25, -0.2) is 14.8 Å². The molecule has 0 amide bonds. The van der Waals surface area contributed by atoms with Gasteiger partial charge in [0.2, 0.25) is 0 Å². The fraction of sp³-hybridized carbons (Fsp3) is 0.684. The molecule has 7 nitrogen and oxygen atoms in total. The molecular formula is C19H29N5O2S. The molecule has 27 heavy (non-hydrogen) atoms. The van der Waals surface area contributed by atoms with Crippen LogP contribution in [-0.4, -0.2) is 49.4 Å². The molecule has 1 saturated heterocycles. The lowest BCUT2D eigenvalue weighted by Gasteiger charge is -2.26. The van der Waals surface area contributed by atoms with Crippen molar-refractivity contribution in [3.8, 4) is 0 Å². The number of nitrogens with zero attached hydrogens (tertiary/aromatic N) is 5. The Morgan fingerprint density at radius 2 is 1.74 bits per heavy atom. The molecule has 0 N–H and O–H groups in total. The Labute approximate surface area is 163 Å². The third-order valence-corrected chi connectivity index (χ3v) is 5.95. The smallest absolute Gasteiger partial charge is 0.303 e. The van der Waals surface area contributed by atoms with Crippen molar-refractivity contribution in [2.75, 3.05) is 25.4 Å². The fourth-order valence-corrected chi connectivity index (χ4v) is 4.52. The van der Waals surface area contributed by atoms with Gasteiger partial charge in [0.15, 0.2) is 5.65 Å². The van der Waals surface area contributed by atoms with Crippen LogP contribution in [0.4, 0.5) is 0 Å². The lowest BCUT2D eigenvalue weighted by Crippen LogP contribution is -2.38. The highest BCUT2D eigenvalue weighted by Gasteiger charge is 2.18. The van der Waals surface area contributed by atoms with Crippen LogP contribution in [0.2, 0.25) is 0 Å². The number of hydrogen-bond donors (Lipinski definition) is 0. The highest BCUT2D eigenvalue weighted by atomic mass is 32.2. The lowest BCUT2D eigenvalue weighted by atomic mass is 10.1. The van der Waals surface area contributed by atoms with Gasteiger partial charge in [-0.15, -0.1) is 11.8 Å². The molecule has 0 unspecified atom stereocenters. The number of hydrogen-bond acceptors (Lipinski definition) is 6. The topological polar surface area (TPSA) is 73.0 Å². The Balaban J connectivity index is 1.97. The summed E-state index contributed by atoms with van der Waals surface area (Å²) in [7, 11) is 3.17. The first-order valence-electron chi connectivity index (χ1n) is 9.70. The van der Waals surface area contributed by atoms with Crippen molar-refractivity contribution in [1.29, 1.82) is 0 Å². The zero-order valence-corrected chi connectivity index (χ0v) is 17.5. The van der Waals surface area contributed by atoms with E-state index in [1.807, 2.05) is 0 Å². The molecule has 2 aromatic rings. The standard InChI is InChI=1S/C19H29N5O2S/c1-13(2)12-14-20-16-15(18(25)23(4)19(26)22(16)3)17(21-14)27-11-10-24-8-6-5-7-9-24/h13H,5-12H2,1-4H3. The van der Waals surface area contributed by atoms with Gasteiger partial charge in [-0.3, -0.25) is 13.9 Å². The van der Waals surface area contributed by atoms with E-state index in [1.165, 1.54) is 30.9 Å². The summed E-state index contributed by atoms with van der Waals surface area (Å²) < 4.78 is 2.60. The van der Waals surface area contributed by atoms with Crippen molar-refractivity contribution in [3.05, 3.63) is 26.7 Å². The van der Waals surface area contributed by atoms with E-state index in [4.69, 9.17) is 4.98 Å². The van der Waals surface area contributed by atoms with Crippen LogP contribution in [-0.2, 0) is 20.5 Å². The van der Waals surface area contributed by atoms with E-state index in [1.54, 1.807) is 18.8 Å². The number of rotatable bonds is 6. The first-order valence-corrected chi connectivity index (χ1v) is 10.7. The highest BCUT2D eigenvalue weighted by Crippen LogP contribution is 2.23. The fourth-order valence-electron chi connectivity index (χ4n) is 3.49. The quantitative estimate of drug-likeness (QED) is 0.552. The summed E-state index contributed by atoms with van der Waals surface area (Å²) in [6.07, 6.45) is 4.58. The van der Waals surface area contributed by atoms with Gasteiger partial charge >= 0.3 is 5.69 Å². The number of likely N-dealkylation sites (tertiary alicyclic amines) is 1. The highest BCUT2D eigenvalue weighted by molar-refractivity contribution is 7.99. The summed E-state index contributed by atoms with van der Waals surface area (Å²) in [6, 6.07) is 0. The molecule has 0 atom stereocenters. The average molecular weight is 392 g/mol. The summed E-state index contributed by atoms with van der Waals surface area (Å²) in [4.78, 5) is 36.8. The minimum atomic E-state index is -0.356. The van der Waals surface area contributed by atoms with Crippen molar-refractivity contribution in [2.24, 2.45) is 20.0 Å². The Morgan fingerprint density at radius 1 is 1.04 bits per heavy atom. The molecule has 0 radical (unpaired) electrons. The molecule has 0 spiro atoms. The monoisotopic (exact) mass is 391 g/mol. The molecule has 0 aliphatic carbocycles. The van der Waals surface area contributed by atoms with Crippen LogP contribution in [0.25, 0.3) is 11.0 Å². The van der Waals surface area contributed by atoms with Crippen molar-refractivity contribution in [2.45, 2.75) is 44.6 Å². The maximum Gasteiger partial charge on any atom is 0.332 e. The molecule has 1 fully saturated rings. The molecule has 148 valence electrons. The third kappa shape index (κ3) is 4.43. The second-order valence-electron chi connectivity index (χ2n) is 7.70. The van der Waals surface area contributed by atoms with Gasteiger partial charge < -0.3 is 4.90 Å². The average Bonchev–Trinajstić information content (AvgIpc) is 2.64. The van der Waals surface area contributed by atoms with E-state index in [2.05, 4.69) is 23.7 Å². The normalized spacial score (nSPS) is 15.7. The van der Waals surface area contributed by atoms with Gasteiger partial charge in [-0.2, -0.15) is 0 Å². The molecule has 8 heteroatoms. The Kier molecular flexibility index (Phi) is 6.37. The summed E-state index contributed by atoms with van der Waals surface area (Å²) in [5.41, 5.74) is -0.232. The van der Waals surface area contributed by atoms with E-state index >= 15 is 0 Å². The summed E-state index contributed by atoms with van der Waals surface area (Å²) in [5, 5.41) is 1.15. The number of fused-ring (bicyclic) bond motifs is 1. The summed E-state index contributed by atoms with van der Waals surface area (Å²) in [5.74, 6) is 1.97. The van der Waals surface area contributed by atoms with Crippen molar-refractivity contribution in [3.63, 3.8) is 0 Å². The predicted molar refractivity (Wildman–Crippen MR) is 110 cm³/mol. The minimum Gasteiger partial charge on any atom is -0.303 e. The van der Waals surface area contributed by atoms with Crippen molar-refractivity contribution < 1.29 is 0 Å². The zero-order valence-electron chi connectivity index (χ0n) is 16.7. The van der Waals surface area contributed by atoms with Gasteiger partial charge in [-0.1, -0.05) is 20.3 Å². The third-order valence-electron chi connectivity index (χ3n) is 5.00. The molecule has 0 saturated carbocycles. The molecular weight excluding hydrogens is 362 g/mol. The second-order valence-corrected chi connectivity index (χ2v) is 8.78. The number of aryl methyl sites for hydroxylation is 1. The Morgan fingerprint density at radius 3 is 2.41 bits per heavy atom. The maximum absolute atomic E-state index is 12.8. The summed E-state index contributed by atoms with van der Waals surface area (Å²) in [6.45, 7) is 7.52. The Hall–Kier alpha value is -1.67. The van der Waals surface area contributed by atoms with E-state index < -0.39 is 0 Å². The Bertz CT molecular complexity index is 928. The predicted octanol–water partition coefficient (Wildman–Crippen LogP) is 1.80. The summed E-state index contributed by atoms with van der Waals surface area (Å²) >= 11 is 1.60. The lowest BCUT2D eigenvalue weighted by molar-refractivity contribution is 0.242. The molecule has 0 aromatic carbocycles. The van der Waals surface area contributed by atoms with Crippen LogP contribution in [0, 0.1) is 5.92 Å². The maximum atomic E-state index is 12.8. The molecule has 3 rings (SSSR count). The van der Waals surface area contributed by atoms with Crippen molar-refractivity contribution >= 4 is 22.8 Å². The van der Waals surface area contributed by atoms with Gasteiger partial charge in [0, 0.05) is 32.8 Å². The van der Waals surface area contributed by atoms with Crippen LogP contribution in [0.5, 0.6) is 0 Å². The van der Waals surface area contributed by atoms with E-state index in [0.29, 0.717) is 27.8 Å². The molecule has 1 aliphatic heterocycles. The van der Waals surface area contributed by atoms with Crippen LogP contribution in [0.3, 0.4) is 0 Å². The second kappa shape index (κ2) is 8.56. The first kappa shape index (κ1) is 20.1. The van der Waals surface area contributed by atoms with E-state index in [-0.39, 0.29) is 11.2 Å². The number of piperidine rings is 1. The van der Waals surface area contributed by atoms with Crippen LogP contribution in [0.15, 0.2) is 14.6 Å². The van der Waals surface area contributed by atoms with Crippen LogP contribution >= 0.6 is 11.8 Å². The SMILES string of the molecule is CC(C)Cc1nc(SCCN2CCCCC2)c2c(=O)n(C)c(=O)n(C)c2n1. The van der Waals surface area contributed by atoms with Gasteiger partial charge in [0.05, 0.1) is 0 Å². The first-order chi connectivity index (χ1) is 12.9. The van der Waals surface area contributed by atoms with Crippen LogP contribution in [0.1, 0.15) is 38.9 Å². The number of aromatic nitrogens is 4. The van der Waals surface area contributed by atoms with Gasteiger partial charge in [-0.05, 0) is 31.8 Å². The molecule has 1 aliphatic rings. The van der Waals surface area contributed by atoms with Gasteiger partial charge in [0.1, 0.15) is 16.2 Å². The molecule has 2 aromatic heterocycles. The minimum absolute atomic E-state index is 0.315. The van der Waals surface area contributed by atoms with E-state index in [0.717, 1.165) is 36.4 Å².